The molecule has 0 saturated heterocycles. The predicted molar refractivity (Wildman–Crippen MR) is 126 cm³/mol. The topological polar surface area (TPSA) is 108 Å². The number of carboxylic acids is 1. The van der Waals surface area contributed by atoms with Gasteiger partial charge in [0, 0.05) is 17.3 Å². The van der Waals surface area contributed by atoms with Crippen molar-refractivity contribution in [2.75, 3.05) is 10.0 Å². The van der Waals surface area contributed by atoms with Crippen molar-refractivity contribution in [1.29, 1.82) is 0 Å². The maximum Gasteiger partial charge on any atom is 0.335 e. The third-order valence-corrected chi connectivity index (χ3v) is 9.67. The van der Waals surface area contributed by atoms with Gasteiger partial charge in [-0.2, -0.15) is 0 Å². The molecular formula is C24H23N3O4S2. The summed E-state index contributed by atoms with van der Waals surface area (Å²) < 4.78 is 28.6. The van der Waals surface area contributed by atoms with Crippen molar-refractivity contribution in [1.82, 2.24) is 4.98 Å². The van der Waals surface area contributed by atoms with Gasteiger partial charge >= 0.3 is 5.97 Å². The van der Waals surface area contributed by atoms with Gasteiger partial charge in [-0.25, -0.2) is 18.2 Å². The number of anilines is 2. The Labute approximate surface area is 195 Å². The van der Waals surface area contributed by atoms with Crippen LogP contribution in [0.25, 0.3) is 0 Å². The molecule has 6 rings (SSSR count). The van der Waals surface area contributed by atoms with Crippen molar-refractivity contribution in [3.8, 4) is 0 Å². The smallest absolute Gasteiger partial charge is 0.335 e. The van der Waals surface area contributed by atoms with E-state index in [1.807, 2.05) is 18.2 Å². The summed E-state index contributed by atoms with van der Waals surface area (Å²) in [6.45, 7) is 0. The number of hydrogen-bond acceptors (Lipinski definition) is 6. The standard InChI is InChI=1S/C24H23N3O4S2/c28-23(29)16-3-1-2-15(11-16)22-21-14-5-4-13(10-14)20(21)18-12-17(6-7-19(18)26-22)33(30,31)27-24-25-8-9-32-24/h1-3,6-9,11-14,20-22,26H,4-5,10H2,(H,25,27)(H,28,29)/t13-,14-,20-,21-,22-/m0/s1. The minimum Gasteiger partial charge on any atom is -0.478 e. The molecule has 1 aromatic heterocycles. The summed E-state index contributed by atoms with van der Waals surface area (Å²) in [5.74, 6) is 0.711. The van der Waals surface area contributed by atoms with Gasteiger partial charge in [-0.3, -0.25) is 4.72 Å². The zero-order valence-electron chi connectivity index (χ0n) is 17.6. The Morgan fingerprint density at radius 3 is 2.79 bits per heavy atom. The van der Waals surface area contributed by atoms with Gasteiger partial charge < -0.3 is 10.4 Å². The van der Waals surface area contributed by atoms with Gasteiger partial charge in [0.05, 0.1) is 16.5 Å². The van der Waals surface area contributed by atoms with Crippen LogP contribution in [-0.2, 0) is 10.0 Å². The first-order chi connectivity index (χ1) is 15.9. The molecule has 33 heavy (non-hydrogen) atoms. The summed E-state index contributed by atoms with van der Waals surface area (Å²) in [7, 11) is -3.73. The Morgan fingerprint density at radius 1 is 1.15 bits per heavy atom. The summed E-state index contributed by atoms with van der Waals surface area (Å²) in [6.07, 6.45) is 5.03. The summed E-state index contributed by atoms with van der Waals surface area (Å²) in [5.41, 5.74) is 3.25. The van der Waals surface area contributed by atoms with Crippen LogP contribution in [0.1, 0.15) is 52.7 Å². The third kappa shape index (κ3) is 3.41. The Hall–Kier alpha value is -2.91. The first-order valence-electron chi connectivity index (χ1n) is 11.1. The second kappa shape index (κ2) is 7.56. The number of rotatable bonds is 5. The molecule has 2 saturated carbocycles. The van der Waals surface area contributed by atoms with Crippen LogP contribution in [0.3, 0.4) is 0 Å². The van der Waals surface area contributed by atoms with Crippen molar-refractivity contribution < 1.29 is 18.3 Å². The van der Waals surface area contributed by atoms with E-state index < -0.39 is 16.0 Å². The number of nitrogens with zero attached hydrogens (tertiary/aromatic N) is 1. The van der Waals surface area contributed by atoms with Crippen LogP contribution in [0.2, 0.25) is 0 Å². The molecule has 2 bridgehead atoms. The second-order valence-electron chi connectivity index (χ2n) is 9.18. The summed E-state index contributed by atoms with van der Waals surface area (Å²) in [6, 6.07) is 12.5. The lowest BCUT2D eigenvalue weighted by atomic mass is 9.68. The van der Waals surface area contributed by atoms with E-state index in [4.69, 9.17) is 0 Å². The van der Waals surface area contributed by atoms with E-state index >= 15 is 0 Å². The van der Waals surface area contributed by atoms with Gasteiger partial charge in [0.15, 0.2) is 5.13 Å². The molecule has 0 radical (unpaired) electrons. The molecule has 0 spiro atoms. The van der Waals surface area contributed by atoms with Gasteiger partial charge in [0.25, 0.3) is 10.0 Å². The Balaban J connectivity index is 1.41. The number of aromatic carboxylic acids is 1. The normalized spacial score (nSPS) is 27.5. The lowest BCUT2D eigenvalue weighted by molar-refractivity contribution is 0.0696. The highest BCUT2D eigenvalue weighted by Gasteiger charge is 2.54. The lowest BCUT2D eigenvalue weighted by Crippen LogP contribution is -2.35. The van der Waals surface area contributed by atoms with E-state index in [2.05, 4.69) is 15.0 Å². The minimum atomic E-state index is -3.73. The number of carbonyl (C=O) groups is 1. The molecule has 170 valence electrons. The molecule has 0 amide bonds. The Bertz CT molecular complexity index is 1340. The van der Waals surface area contributed by atoms with E-state index in [1.54, 1.807) is 35.8 Å². The zero-order chi connectivity index (χ0) is 22.7. The number of benzene rings is 2. The molecule has 0 unspecified atom stereocenters. The molecule has 1 aliphatic heterocycles. The fourth-order valence-corrected chi connectivity index (χ4v) is 8.10. The molecule has 3 N–H and O–H groups in total. The fourth-order valence-electron chi connectivity index (χ4n) is 6.27. The van der Waals surface area contributed by atoms with Crippen molar-refractivity contribution in [3.63, 3.8) is 0 Å². The predicted octanol–water partition coefficient (Wildman–Crippen LogP) is 4.94. The molecule has 2 aromatic carbocycles. The molecular weight excluding hydrogens is 458 g/mol. The first kappa shape index (κ1) is 20.7. The third-order valence-electron chi connectivity index (χ3n) is 7.52. The van der Waals surface area contributed by atoms with E-state index in [-0.39, 0.29) is 22.4 Å². The average molecular weight is 482 g/mol. The molecule has 3 aromatic rings. The molecule has 2 aliphatic carbocycles. The van der Waals surface area contributed by atoms with Gasteiger partial charge in [-0.1, -0.05) is 12.1 Å². The van der Waals surface area contributed by atoms with Crippen molar-refractivity contribution >= 4 is 38.1 Å². The van der Waals surface area contributed by atoms with Gasteiger partial charge in [0.1, 0.15) is 0 Å². The maximum atomic E-state index is 13.0. The summed E-state index contributed by atoms with van der Waals surface area (Å²) >= 11 is 1.24. The number of nitrogens with one attached hydrogen (secondary N) is 2. The Morgan fingerprint density at radius 2 is 2.00 bits per heavy atom. The van der Waals surface area contributed by atoms with Crippen LogP contribution in [0, 0.1) is 17.8 Å². The molecule has 5 atom stereocenters. The van der Waals surface area contributed by atoms with E-state index in [1.165, 1.54) is 17.8 Å². The van der Waals surface area contributed by atoms with Gasteiger partial charge in [0.2, 0.25) is 0 Å². The van der Waals surface area contributed by atoms with Crippen LogP contribution >= 0.6 is 11.3 Å². The van der Waals surface area contributed by atoms with Crippen LogP contribution in [0.15, 0.2) is 58.9 Å². The monoisotopic (exact) mass is 481 g/mol. The van der Waals surface area contributed by atoms with Gasteiger partial charge in [-0.15, -0.1) is 11.3 Å². The SMILES string of the molecule is O=C(O)c1cccc([C@@H]2Nc3ccc(S(=O)(=O)Nc4nccs4)cc3[C@@H]3[C@H]4CC[C@@H](C4)[C@@H]32)c1. The number of carboxylic acid groups (broad SMARTS) is 1. The molecule has 9 heteroatoms. The Kier molecular flexibility index (Phi) is 4.74. The highest BCUT2D eigenvalue weighted by molar-refractivity contribution is 7.93. The first-order valence-corrected chi connectivity index (χ1v) is 13.4. The summed E-state index contributed by atoms with van der Waals surface area (Å²) in [5, 5.41) is 15.2. The molecule has 2 heterocycles. The average Bonchev–Trinajstić information content (AvgIpc) is 3.56. The number of hydrogen-bond donors (Lipinski definition) is 3. The second-order valence-corrected chi connectivity index (χ2v) is 11.8. The van der Waals surface area contributed by atoms with E-state index in [0.29, 0.717) is 22.9 Å². The highest BCUT2D eigenvalue weighted by Crippen LogP contribution is 2.63. The number of fused-ring (bicyclic) bond motifs is 7. The largest absolute Gasteiger partial charge is 0.478 e. The van der Waals surface area contributed by atoms with Crippen molar-refractivity contribution in [2.45, 2.75) is 36.1 Å². The minimum absolute atomic E-state index is 0.00741. The van der Waals surface area contributed by atoms with Crippen LogP contribution in [0.4, 0.5) is 10.8 Å². The quantitative estimate of drug-likeness (QED) is 0.476. The lowest BCUT2D eigenvalue weighted by Gasteiger charge is -2.43. The van der Waals surface area contributed by atoms with Crippen LogP contribution < -0.4 is 10.0 Å². The number of aromatic nitrogens is 1. The van der Waals surface area contributed by atoms with Crippen LogP contribution in [-0.4, -0.2) is 24.5 Å². The van der Waals surface area contributed by atoms with E-state index in [0.717, 1.165) is 29.7 Å². The van der Waals surface area contributed by atoms with E-state index in [9.17, 15) is 18.3 Å². The number of thiazole rings is 1. The number of sulfonamides is 1. The molecule has 7 nitrogen and oxygen atoms in total. The summed E-state index contributed by atoms with van der Waals surface area (Å²) in [4.78, 5) is 15.8. The fraction of sp³-hybridized carbons (Fsp3) is 0.333. The maximum absolute atomic E-state index is 13.0. The highest BCUT2D eigenvalue weighted by atomic mass is 32.2. The van der Waals surface area contributed by atoms with Crippen molar-refractivity contribution in [2.24, 2.45) is 17.8 Å². The molecule has 2 fully saturated rings. The van der Waals surface area contributed by atoms with Crippen molar-refractivity contribution in [3.05, 3.63) is 70.7 Å². The van der Waals surface area contributed by atoms with Gasteiger partial charge in [-0.05, 0) is 84.4 Å². The molecule has 3 aliphatic rings. The van der Waals surface area contributed by atoms with Crippen LogP contribution in [0.5, 0.6) is 0 Å². The zero-order valence-corrected chi connectivity index (χ0v) is 19.3.